The number of aromatic nitrogens is 2. The molecule has 1 aliphatic heterocycles. The molecule has 0 radical (unpaired) electrons. The van der Waals surface area contributed by atoms with E-state index in [1.54, 1.807) is 7.11 Å². The Morgan fingerprint density at radius 3 is 2.20 bits per heavy atom. The first-order valence-electron chi connectivity index (χ1n) is 10.2. The molecular weight excluding hydrogens is 372 g/mol. The van der Waals surface area contributed by atoms with Gasteiger partial charge in [0.2, 0.25) is 5.88 Å². The predicted molar refractivity (Wildman–Crippen MR) is 118 cm³/mol. The minimum absolute atomic E-state index is 0.0376. The maximum Gasteiger partial charge on any atom is 0.221 e. The second kappa shape index (κ2) is 7.71. The molecule has 1 aromatic heterocycles. The van der Waals surface area contributed by atoms with Gasteiger partial charge in [0.05, 0.1) is 18.5 Å². The van der Waals surface area contributed by atoms with Crippen molar-refractivity contribution in [2.75, 3.05) is 7.11 Å². The number of fused-ring (bicyclic) bond motifs is 1. The Hall–Kier alpha value is -3.53. The van der Waals surface area contributed by atoms with Gasteiger partial charge in [0.15, 0.2) is 0 Å². The summed E-state index contributed by atoms with van der Waals surface area (Å²) >= 11 is 0. The van der Waals surface area contributed by atoms with Crippen molar-refractivity contribution in [3.8, 4) is 17.3 Å². The molecular formula is C26H24N2O2. The van der Waals surface area contributed by atoms with Crippen LogP contribution in [0, 0.1) is 6.92 Å². The third-order valence-electron chi connectivity index (χ3n) is 5.80. The number of aryl methyl sites for hydroxylation is 1. The Morgan fingerprint density at radius 1 is 0.867 bits per heavy atom. The second-order valence-corrected chi connectivity index (χ2v) is 7.63. The summed E-state index contributed by atoms with van der Waals surface area (Å²) in [7, 11) is 1.70. The van der Waals surface area contributed by atoms with Gasteiger partial charge < -0.3 is 9.47 Å². The average molecular weight is 396 g/mol. The Labute approximate surface area is 176 Å². The molecule has 0 N–H and O–H groups in total. The standard InChI is InChI=1S/C26H24N2O2/c1-18-25-23(19-13-15-22(29-2)16-14-19)17-24(20-9-5-3-6-10-20)30-26(25)28(27-18)21-11-7-4-8-12-21/h3-16,23-24H,17H2,1-2H3. The van der Waals surface area contributed by atoms with Crippen LogP contribution in [0.1, 0.15) is 40.8 Å². The third kappa shape index (κ3) is 3.24. The third-order valence-corrected chi connectivity index (χ3v) is 5.80. The Balaban J connectivity index is 1.65. The smallest absolute Gasteiger partial charge is 0.221 e. The maximum atomic E-state index is 6.60. The van der Waals surface area contributed by atoms with Gasteiger partial charge in [-0.1, -0.05) is 60.7 Å². The van der Waals surface area contributed by atoms with E-state index in [4.69, 9.17) is 14.6 Å². The summed E-state index contributed by atoms with van der Waals surface area (Å²) in [4.78, 5) is 0. The van der Waals surface area contributed by atoms with Crippen molar-refractivity contribution < 1.29 is 9.47 Å². The molecule has 0 aliphatic carbocycles. The molecule has 0 saturated carbocycles. The van der Waals surface area contributed by atoms with E-state index >= 15 is 0 Å². The molecule has 2 heterocycles. The largest absolute Gasteiger partial charge is 0.497 e. The van der Waals surface area contributed by atoms with Crippen molar-refractivity contribution in [3.05, 3.63) is 107 Å². The fourth-order valence-electron chi connectivity index (χ4n) is 4.30. The van der Waals surface area contributed by atoms with E-state index in [-0.39, 0.29) is 12.0 Å². The summed E-state index contributed by atoms with van der Waals surface area (Å²) in [5.41, 5.74) is 5.60. The van der Waals surface area contributed by atoms with Crippen LogP contribution in [0.15, 0.2) is 84.9 Å². The van der Waals surface area contributed by atoms with Gasteiger partial charge >= 0.3 is 0 Å². The van der Waals surface area contributed by atoms with E-state index in [1.165, 1.54) is 11.1 Å². The highest BCUT2D eigenvalue weighted by Gasteiger charge is 2.35. The van der Waals surface area contributed by atoms with Crippen LogP contribution in [0.3, 0.4) is 0 Å². The number of para-hydroxylation sites is 1. The zero-order chi connectivity index (χ0) is 20.5. The predicted octanol–water partition coefficient (Wildman–Crippen LogP) is 5.85. The van der Waals surface area contributed by atoms with Crippen molar-refractivity contribution in [3.63, 3.8) is 0 Å². The molecule has 3 aromatic carbocycles. The highest BCUT2D eigenvalue weighted by molar-refractivity contribution is 5.49. The van der Waals surface area contributed by atoms with Gasteiger partial charge in [0.1, 0.15) is 11.9 Å². The molecule has 30 heavy (non-hydrogen) atoms. The maximum absolute atomic E-state index is 6.60. The van der Waals surface area contributed by atoms with Crippen LogP contribution in [-0.2, 0) is 0 Å². The summed E-state index contributed by atoms with van der Waals surface area (Å²) in [6, 6.07) is 29.0. The second-order valence-electron chi connectivity index (χ2n) is 7.63. The minimum Gasteiger partial charge on any atom is -0.497 e. The van der Waals surface area contributed by atoms with Crippen LogP contribution in [-0.4, -0.2) is 16.9 Å². The number of methoxy groups -OCH3 is 1. The summed E-state index contributed by atoms with van der Waals surface area (Å²) in [5, 5.41) is 4.87. The number of ether oxygens (including phenoxy) is 2. The van der Waals surface area contributed by atoms with Crippen molar-refractivity contribution in [1.29, 1.82) is 0 Å². The lowest BCUT2D eigenvalue weighted by atomic mass is 9.83. The van der Waals surface area contributed by atoms with E-state index < -0.39 is 0 Å². The lowest BCUT2D eigenvalue weighted by Crippen LogP contribution is -2.21. The lowest BCUT2D eigenvalue weighted by Gasteiger charge is -2.31. The molecule has 4 aromatic rings. The van der Waals surface area contributed by atoms with Gasteiger partial charge in [-0.05, 0) is 48.7 Å². The normalized spacial score (nSPS) is 17.8. The van der Waals surface area contributed by atoms with Crippen molar-refractivity contribution >= 4 is 0 Å². The van der Waals surface area contributed by atoms with Crippen LogP contribution < -0.4 is 9.47 Å². The van der Waals surface area contributed by atoms with Crippen molar-refractivity contribution in [1.82, 2.24) is 9.78 Å². The van der Waals surface area contributed by atoms with E-state index in [9.17, 15) is 0 Å². The van der Waals surface area contributed by atoms with Crippen molar-refractivity contribution in [2.45, 2.75) is 25.4 Å². The molecule has 0 spiro atoms. The van der Waals surface area contributed by atoms with Crippen LogP contribution >= 0.6 is 0 Å². The number of hydrogen-bond donors (Lipinski definition) is 0. The fourth-order valence-corrected chi connectivity index (χ4v) is 4.30. The fraction of sp³-hybridized carbons (Fsp3) is 0.192. The molecule has 150 valence electrons. The SMILES string of the molecule is COc1ccc(C2CC(c3ccccc3)Oc3c2c(C)nn3-c2ccccc2)cc1. The Kier molecular flexibility index (Phi) is 4.75. The van der Waals surface area contributed by atoms with E-state index in [0.29, 0.717) is 0 Å². The average Bonchev–Trinajstić information content (AvgIpc) is 3.16. The number of benzene rings is 3. The van der Waals surface area contributed by atoms with Crippen LogP contribution in [0.5, 0.6) is 11.6 Å². The minimum atomic E-state index is -0.0376. The molecule has 4 nitrogen and oxygen atoms in total. The van der Waals surface area contributed by atoms with E-state index in [0.717, 1.165) is 35.0 Å². The molecule has 5 rings (SSSR count). The monoisotopic (exact) mass is 396 g/mol. The first kappa shape index (κ1) is 18.5. The molecule has 0 fully saturated rings. The number of rotatable bonds is 4. The van der Waals surface area contributed by atoms with Gasteiger partial charge in [-0.3, -0.25) is 0 Å². The highest BCUT2D eigenvalue weighted by Crippen LogP contribution is 2.47. The molecule has 0 saturated heterocycles. The summed E-state index contributed by atoms with van der Waals surface area (Å²) in [5.74, 6) is 1.89. The molecule has 0 bridgehead atoms. The van der Waals surface area contributed by atoms with Gasteiger partial charge in [0.25, 0.3) is 0 Å². The van der Waals surface area contributed by atoms with E-state index in [2.05, 4.69) is 55.5 Å². The summed E-state index contributed by atoms with van der Waals surface area (Å²) < 4.78 is 13.9. The van der Waals surface area contributed by atoms with Gasteiger partial charge in [-0.2, -0.15) is 5.10 Å². The highest BCUT2D eigenvalue weighted by atomic mass is 16.5. The molecule has 2 unspecified atom stereocenters. The Bertz CT molecular complexity index is 1140. The van der Waals surface area contributed by atoms with Crippen LogP contribution in [0.25, 0.3) is 5.69 Å². The first-order valence-corrected chi connectivity index (χ1v) is 10.2. The topological polar surface area (TPSA) is 36.3 Å². The summed E-state index contributed by atoms with van der Waals surface area (Å²) in [6.45, 7) is 2.07. The van der Waals surface area contributed by atoms with Gasteiger partial charge in [-0.15, -0.1) is 0 Å². The number of nitrogens with zero attached hydrogens (tertiary/aromatic N) is 2. The lowest BCUT2D eigenvalue weighted by molar-refractivity contribution is 0.155. The van der Waals surface area contributed by atoms with E-state index in [1.807, 2.05) is 41.1 Å². The Morgan fingerprint density at radius 2 is 1.53 bits per heavy atom. The van der Waals surface area contributed by atoms with Gasteiger partial charge in [-0.25, -0.2) is 4.68 Å². The van der Waals surface area contributed by atoms with Gasteiger partial charge in [0, 0.05) is 11.5 Å². The van der Waals surface area contributed by atoms with Crippen LogP contribution in [0.2, 0.25) is 0 Å². The molecule has 1 aliphatic rings. The molecule has 0 amide bonds. The van der Waals surface area contributed by atoms with Crippen molar-refractivity contribution in [2.24, 2.45) is 0 Å². The zero-order valence-corrected chi connectivity index (χ0v) is 17.2. The summed E-state index contributed by atoms with van der Waals surface area (Å²) in [6.07, 6.45) is 0.828. The zero-order valence-electron chi connectivity index (χ0n) is 17.2. The number of hydrogen-bond acceptors (Lipinski definition) is 3. The first-order chi connectivity index (χ1) is 14.7. The molecule has 4 heteroatoms. The van der Waals surface area contributed by atoms with Crippen LogP contribution in [0.4, 0.5) is 0 Å². The molecule has 2 atom stereocenters. The quantitative estimate of drug-likeness (QED) is 0.434.